The zero-order valence-corrected chi connectivity index (χ0v) is 22.2. The summed E-state index contributed by atoms with van der Waals surface area (Å²) >= 11 is 3.78. The van der Waals surface area contributed by atoms with Gasteiger partial charge in [-0.1, -0.05) is 121 Å². The Morgan fingerprint density at radius 1 is 0.556 bits per heavy atom. The molecule has 0 aromatic heterocycles. The molecule has 0 aliphatic carbocycles. The summed E-state index contributed by atoms with van der Waals surface area (Å²) in [7, 11) is 0. The summed E-state index contributed by atoms with van der Waals surface area (Å²) in [5.74, 6) is 0. The standard InChI is InChI=1S/C34H28BrN/c1-34(2)29-21-26(24-11-5-3-6-12-24)17-19-32(29)36(23-28-15-9-10-16-31(28)35)33-20-18-27(22-30(33)34)25-13-7-4-8-14-25/h3-22H,23H2,1-2H3. The first kappa shape index (κ1) is 22.8. The van der Waals surface area contributed by atoms with Crippen molar-refractivity contribution in [3.63, 3.8) is 0 Å². The molecule has 176 valence electrons. The van der Waals surface area contributed by atoms with Gasteiger partial charge in [0.2, 0.25) is 0 Å². The molecule has 1 aliphatic heterocycles. The molecule has 0 fully saturated rings. The van der Waals surface area contributed by atoms with Crippen LogP contribution in [0.2, 0.25) is 0 Å². The molecule has 5 aromatic rings. The molecule has 1 nitrogen and oxygen atoms in total. The topological polar surface area (TPSA) is 3.24 Å². The summed E-state index contributed by atoms with van der Waals surface area (Å²) in [6, 6.07) is 43.8. The van der Waals surface area contributed by atoms with Crippen molar-refractivity contribution in [2.24, 2.45) is 0 Å². The fraction of sp³-hybridized carbons (Fsp3) is 0.118. The van der Waals surface area contributed by atoms with Gasteiger partial charge in [0.05, 0.1) is 0 Å². The third kappa shape index (κ3) is 3.96. The molecule has 0 saturated carbocycles. The molecule has 1 aliphatic rings. The Hall–Kier alpha value is -3.62. The van der Waals surface area contributed by atoms with Crippen LogP contribution in [0.4, 0.5) is 11.4 Å². The van der Waals surface area contributed by atoms with E-state index < -0.39 is 0 Å². The molecule has 0 radical (unpaired) electrons. The second-order valence-electron chi connectivity index (χ2n) is 10.00. The van der Waals surface area contributed by atoms with Gasteiger partial charge < -0.3 is 4.90 Å². The van der Waals surface area contributed by atoms with Gasteiger partial charge in [-0.15, -0.1) is 0 Å². The summed E-state index contributed by atoms with van der Waals surface area (Å²) < 4.78 is 1.14. The van der Waals surface area contributed by atoms with Gasteiger partial charge in [0, 0.05) is 27.8 Å². The number of anilines is 2. The zero-order chi connectivity index (χ0) is 24.7. The van der Waals surface area contributed by atoms with Crippen molar-refractivity contribution in [1.29, 1.82) is 0 Å². The fourth-order valence-corrected chi connectivity index (χ4v) is 5.82. The van der Waals surface area contributed by atoms with Crippen LogP contribution in [0.25, 0.3) is 22.3 Å². The molecule has 5 aromatic carbocycles. The molecule has 1 heterocycles. The van der Waals surface area contributed by atoms with E-state index in [1.165, 1.54) is 50.3 Å². The first-order valence-electron chi connectivity index (χ1n) is 12.4. The summed E-state index contributed by atoms with van der Waals surface area (Å²) in [5, 5.41) is 0. The molecule has 0 saturated heterocycles. The van der Waals surface area contributed by atoms with Crippen LogP contribution < -0.4 is 4.90 Å². The van der Waals surface area contributed by atoms with E-state index in [0.717, 1.165) is 11.0 Å². The van der Waals surface area contributed by atoms with Crippen LogP contribution in [0, 0.1) is 0 Å². The second kappa shape index (κ2) is 9.11. The maximum atomic E-state index is 3.78. The molecular weight excluding hydrogens is 502 g/mol. The third-order valence-corrected chi connectivity index (χ3v) is 8.20. The van der Waals surface area contributed by atoms with E-state index in [0.29, 0.717) is 0 Å². The van der Waals surface area contributed by atoms with Crippen LogP contribution >= 0.6 is 15.9 Å². The molecule has 0 N–H and O–H groups in total. The van der Waals surface area contributed by atoms with Crippen LogP contribution in [0.1, 0.15) is 30.5 Å². The van der Waals surface area contributed by atoms with Crippen molar-refractivity contribution >= 4 is 27.3 Å². The molecule has 0 spiro atoms. The van der Waals surface area contributed by atoms with Gasteiger partial charge in [0.1, 0.15) is 0 Å². The normalized spacial score (nSPS) is 13.7. The molecule has 36 heavy (non-hydrogen) atoms. The summed E-state index contributed by atoms with van der Waals surface area (Å²) in [6.45, 7) is 5.53. The van der Waals surface area contributed by atoms with Crippen molar-refractivity contribution in [1.82, 2.24) is 0 Å². The third-order valence-electron chi connectivity index (χ3n) is 7.42. The Morgan fingerprint density at radius 3 is 1.53 bits per heavy atom. The van der Waals surface area contributed by atoms with Crippen LogP contribution in [0.15, 0.2) is 126 Å². The predicted octanol–water partition coefficient (Wildman–Crippen LogP) is 9.76. The molecule has 0 atom stereocenters. The smallest absolute Gasteiger partial charge is 0.0493 e. The molecule has 0 bridgehead atoms. The quantitative estimate of drug-likeness (QED) is 0.224. The highest BCUT2D eigenvalue weighted by Crippen LogP contribution is 2.51. The van der Waals surface area contributed by atoms with E-state index in [1.54, 1.807) is 0 Å². The number of nitrogens with zero attached hydrogens (tertiary/aromatic N) is 1. The number of hydrogen-bond acceptors (Lipinski definition) is 1. The van der Waals surface area contributed by atoms with Crippen LogP contribution in [-0.2, 0) is 12.0 Å². The Kier molecular flexibility index (Phi) is 5.78. The first-order valence-corrected chi connectivity index (χ1v) is 13.2. The SMILES string of the molecule is CC1(C)c2cc(-c3ccccc3)ccc2N(Cc2ccccc2Br)c2ccc(-c3ccccc3)cc21. The van der Waals surface area contributed by atoms with Crippen molar-refractivity contribution in [3.05, 3.63) is 142 Å². The van der Waals surface area contributed by atoms with E-state index in [1.807, 2.05) is 0 Å². The van der Waals surface area contributed by atoms with E-state index in [9.17, 15) is 0 Å². The average Bonchev–Trinajstić information content (AvgIpc) is 2.93. The zero-order valence-electron chi connectivity index (χ0n) is 20.6. The number of halogens is 1. The Labute approximate surface area is 222 Å². The van der Waals surface area contributed by atoms with Gasteiger partial charge in [-0.25, -0.2) is 0 Å². The average molecular weight is 531 g/mol. The lowest BCUT2D eigenvalue weighted by molar-refractivity contribution is 0.624. The van der Waals surface area contributed by atoms with Crippen LogP contribution in [0.3, 0.4) is 0 Å². The number of fused-ring (bicyclic) bond motifs is 2. The Bertz CT molecular complexity index is 1440. The van der Waals surface area contributed by atoms with E-state index in [2.05, 4.69) is 156 Å². The number of benzene rings is 5. The minimum atomic E-state index is -0.148. The Balaban J connectivity index is 1.55. The minimum Gasteiger partial charge on any atom is -0.336 e. The predicted molar refractivity (Wildman–Crippen MR) is 156 cm³/mol. The summed E-state index contributed by atoms with van der Waals surface area (Å²) in [4.78, 5) is 2.49. The van der Waals surface area contributed by atoms with E-state index in [-0.39, 0.29) is 5.41 Å². The minimum absolute atomic E-state index is 0.148. The second-order valence-corrected chi connectivity index (χ2v) is 10.9. The van der Waals surface area contributed by atoms with Crippen LogP contribution in [-0.4, -0.2) is 0 Å². The van der Waals surface area contributed by atoms with Gasteiger partial charge in [-0.05, 0) is 69.3 Å². The lowest BCUT2D eigenvalue weighted by Gasteiger charge is -2.42. The summed E-state index contributed by atoms with van der Waals surface area (Å²) in [6.07, 6.45) is 0. The van der Waals surface area contributed by atoms with Gasteiger partial charge in [0.15, 0.2) is 0 Å². The van der Waals surface area contributed by atoms with E-state index in [4.69, 9.17) is 0 Å². The summed E-state index contributed by atoms with van der Waals surface area (Å²) in [5.41, 5.74) is 11.4. The molecular formula is C34H28BrN. The van der Waals surface area contributed by atoms with Gasteiger partial charge in [0.25, 0.3) is 0 Å². The van der Waals surface area contributed by atoms with Gasteiger partial charge in [-0.3, -0.25) is 0 Å². The Morgan fingerprint density at radius 2 is 1.03 bits per heavy atom. The highest BCUT2D eigenvalue weighted by molar-refractivity contribution is 9.10. The molecule has 0 amide bonds. The first-order chi connectivity index (χ1) is 17.5. The van der Waals surface area contributed by atoms with Crippen molar-refractivity contribution < 1.29 is 0 Å². The monoisotopic (exact) mass is 529 g/mol. The molecule has 0 unspecified atom stereocenters. The van der Waals surface area contributed by atoms with Crippen molar-refractivity contribution in [2.45, 2.75) is 25.8 Å². The van der Waals surface area contributed by atoms with Gasteiger partial charge in [-0.2, -0.15) is 0 Å². The maximum Gasteiger partial charge on any atom is 0.0493 e. The number of rotatable bonds is 4. The van der Waals surface area contributed by atoms with Crippen molar-refractivity contribution in [3.8, 4) is 22.3 Å². The molecule has 6 rings (SSSR count). The lowest BCUT2D eigenvalue weighted by Crippen LogP contribution is -2.33. The highest BCUT2D eigenvalue weighted by Gasteiger charge is 2.37. The maximum absolute atomic E-state index is 3.78. The number of hydrogen-bond donors (Lipinski definition) is 0. The van der Waals surface area contributed by atoms with Crippen molar-refractivity contribution in [2.75, 3.05) is 4.90 Å². The van der Waals surface area contributed by atoms with Crippen LogP contribution in [0.5, 0.6) is 0 Å². The largest absolute Gasteiger partial charge is 0.336 e. The van der Waals surface area contributed by atoms with E-state index >= 15 is 0 Å². The lowest BCUT2D eigenvalue weighted by atomic mass is 9.72. The fourth-order valence-electron chi connectivity index (χ4n) is 5.41. The highest BCUT2D eigenvalue weighted by atomic mass is 79.9. The van der Waals surface area contributed by atoms with Gasteiger partial charge >= 0.3 is 0 Å². The molecule has 2 heteroatoms.